The van der Waals surface area contributed by atoms with Crippen LogP contribution in [0, 0.1) is 0 Å². The molecule has 0 fully saturated rings. The SMILES string of the molecule is CCN(CC)C(C)=NP(C)(=O)O. The zero-order valence-electron chi connectivity index (χ0n) is 8.11. The van der Waals surface area contributed by atoms with E-state index >= 15 is 0 Å². The molecule has 1 N–H and O–H groups in total. The molecule has 0 spiro atoms. The Morgan fingerprint density at radius 3 is 2.17 bits per heavy atom. The van der Waals surface area contributed by atoms with Crippen LogP contribution in [0.25, 0.3) is 0 Å². The highest BCUT2D eigenvalue weighted by Crippen LogP contribution is 2.37. The van der Waals surface area contributed by atoms with Gasteiger partial charge in [0.1, 0.15) is 5.84 Å². The van der Waals surface area contributed by atoms with Gasteiger partial charge in [-0.15, -0.1) is 0 Å². The fraction of sp³-hybridized carbons (Fsp3) is 0.857. The van der Waals surface area contributed by atoms with Gasteiger partial charge in [-0.3, -0.25) is 4.57 Å². The quantitative estimate of drug-likeness (QED) is 0.419. The van der Waals surface area contributed by atoms with Crippen LogP contribution < -0.4 is 0 Å². The van der Waals surface area contributed by atoms with E-state index in [0.29, 0.717) is 5.84 Å². The zero-order valence-corrected chi connectivity index (χ0v) is 9.01. The van der Waals surface area contributed by atoms with Gasteiger partial charge in [-0.1, -0.05) is 0 Å². The maximum atomic E-state index is 10.9. The second-order valence-electron chi connectivity index (χ2n) is 2.65. The first kappa shape index (κ1) is 11.7. The summed E-state index contributed by atoms with van der Waals surface area (Å²) in [5.74, 6) is 0.633. The molecule has 0 saturated heterocycles. The van der Waals surface area contributed by atoms with Crippen LogP contribution >= 0.6 is 7.52 Å². The van der Waals surface area contributed by atoms with Gasteiger partial charge in [0, 0.05) is 19.8 Å². The summed E-state index contributed by atoms with van der Waals surface area (Å²) in [5, 5.41) is 0. The average Bonchev–Trinajstić information content (AvgIpc) is 1.85. The summed E-state index contributed by atoms with van der Waals surface area (Å²) in [4.78, 5) is 10.9. The lowest BCUT2D eigenvalue weighted by atomic mass is 10.5. The largest absolute Gasteiger partial charge is 0.361 e. The summed E-state index contributed by atoms with van der Waals surface area (Å²) < 4.78 is 14.6. The van der Waals surface area contributed by atoms with Crippen molar-refractivity contribution < 1.29 is 9.46 Å². The molecule has 0 aromatic rings. The van der Waals surface area contributed by atoms with Crippen molar-refractivity contribution in [2.45, 2.75) is 20.8 Å². The first-order valence-corrected chi connectivity index (χ1v) is 6.08. The molecule has 72 valence electrons. The minimum Gasteiger partial charge on any atom is -0.361 e. The molecule has 1 atom stereocenters. The van der Waals surface area contributed by atoms with E-state index in [-0.39, 0.29) is 0 Å². The summed E-state index contributed by atoms with van der Waals surface area (Å²) in [6.07, 6.45) is 0. The minimum atomic E-state index is -3.26. The van der Waals surface area contributed by atoms with Gasteiger partial charge in [-0.2, -0.15) is 4.76 Å². The van der Waals surface area contributed by atoms with Crippen molar-refractivity contribution >= 4 is 13.4 Å². The summed E-state index contributed by atoms with van der Waals surface area (Å²) >= 11 is 0. The first-order valence-electron chi connectivity index (χ1n) is 4.02. The molecule has 0 aliphatic rings. The van der Waals surface area contributed by atoms with Crippen molar-refractivity contribution in [3.63, 3.8) is 0 Å². The Labute approximate surface area is 73.8 Å². The molecule has 12 heavy (non-hydrogen) atoms. The van der Waals surface area contributed by atoms with Gasteiger partial charge >= 0.3 is 7.52 Å². The van der Waals surface area contributed by atoms with E-state index in [1.807, 2.05) is 18.7 Å². The van der Waals surface area contributed by atoms with Crippen LogP contribution in [0.2, 0.25) is 0 Å². The zero-order chi connectivity index (χ0) is 9.78. The van der Waals surface area contributed by atoms with E-state index in [0.717, 1.165) is 13.1 Å². The van der Waals surface area contributed by atoms with Gasteiger partial charge in [-0.25, -0.2) is 0 Å². The molecule has 0 aromatic heterocycles. The topological polar surface area (TPSA) is 52.9 Å². The van der Waals surface area contributed by atoms with Gasteiger partial charge in [0.05, 0.1) is 0 Å². The standard InChI is InChI=1S/C7H17N2O2P/c1-5-9(6-2)7(3)8-12(4,10)11/h5-6H2,1-4H3,(H,10,11). The van der Waals surface area contributed by atoms with Crippen molar-refractivity contribution in [3.05, 3.63) is 0 Å². The van der Waals surface area contributed by atoms with Gasteiger partial charge in [-0.05, 0) is 20.8 Å². The third-order valence-corrected chi connectivity index (χ3v) is 2.21. The number of hydrogen-bond donors (Lipinski definition) is 1. The van der Waals surface area contributed by atoms with Crippen LogP contribution in [0.15, 0.2) is 4.76 Å². The molecule has 0 radical (unpaired) electrons. The second kappa shape index (κ2) is 4.63. The highest BCUT2D eigenvalue weighted by molar-refractivity contribution is 7.55. The van der Waals surface area contributed by atoms with Crippen LogP contribution in [0.3, 0.4) is 0 Å². The summed E-state index contributed by atoms with van der Waals surface area (Å²) in [7, 11) is -3.26. The van der Waals surface area contributed by atoms with Crippen LogP contribution in [-0.2, 0) is 4.57 Å². The fourth-order valence-corrected chi connectivity index (χ4v) is 1.68. The average molecular weight is 192 g/mol. The van der Waals surface area contributed by atoms with Gasteiger partial charge < -0.3 is 9.79 Å². The lowest BCUT2D eigenvalue weighted by Crippen LogP contribution is -2.28. The summed E-state index contributed by atoms with van der Waals surface area (Å²) in [6.45, 7) is 8.58. The Balaban J connectivity index is 4.45. The summed E-state index contributed by atoms with van der Waals surface area (Å²) in [5.41, 5.74) is 0. The number of nitrogens with zero attached hydrogens (tertiary/aromatic N) is 2. The van der Waals surface area contributed by atoms with E-state index in [9.17, 15) is 4.57 Å². The van der Waals surface area contributed by atoms with Crippen molar-refractivity contribution in [1.82, 2.24) is 4.90 Å². The van der Waals surface area contributed by atoms with Crippen molar-refractivity contribution in [2.75, 3.05) is 19.8 Å². The van der Waals surface area contributed by atoms with Crippen molar-refractivity contribution in [2.24, 2.45) is 4.76 Å². The highest BCUT2D eigenvalue weighted by Gasteiger charge is 2.09. The molecule has 0 bridgehead atoms. The molecule has 5 heteroatoms. The van der Waals surface area contributed by atoms with Gasteiger partial charge in [0.15, 0.2) is 0 Å². The molecule has 0 heterocycles. The monoisotopic (exact) mass is 192 g/mol. The van der Waals surface area contributed by atoms with Crippen LogP contribution in [0.5, 0.6) is 0 Å². The summed E-state index contributed by atoms with van der Waals surface area (Å²) in [6, 6.07) is 0. The maximum Gasteiger partial charge on any atom is 0.310 e. The predicted octanol–water partition coefficient (Wildman–Crippen LogP) is 1.56. The van der Waals surface area contributed by atoms with Crippen LogP contribution in [0.1, 0.15) is 20.8 Å². The van der Waals surface area contributed by atoms with E-state index in [1.165, 1.54) is 6.66 Å². The molecule has 0 saturated carbocycles. The fourth-order valence-electron chi connectivity index (χ4n) is 1.01. The maximum absolute atomic E-state index is 10.9. The molecular weight excluding hydrogens is 175 g/mol. The van der Waals surface area contributed by atoms with Crippen LogP contribution in [-0.4, -0.2) is 35.4 Å². The Morgan fingerprint density at radius 2 is 1.92 bits per heavy atom. The van der Waals surface area contributed by atoms with Crippen molar-refractivity contribution in [3.8, 4) is 0 Å². The number of hydrogen-bond acceptors (Lipinski definition) is 1. The molecule has 0 aliphatic carbocycles. The molecule has 0 aromatic carbocycles. The number of amidine groups is 1. The van der Waals surface area contributed by atoms with Crippen molar-refractivity contribution in [1.29, 1.82) is 0 Å². The lowest BCUT2D eigenvalue weighted by molar-refractivity contribution is 0.457. The van der Waals surface area contributed by atoms with Gasteiger partial charge in [0.2, 0.25) is 0 Å². The second-order valence-corrected chi connectivity index (χ2v) is 4.53. The van der Waals surface area contributed by atoms with E-state index < -0.39 is 7.52 Å². The number of rotatable bonds is 3. The molecule has 0 rings (SSSR count). The third kappa shape index (κ3) is 4.52. The Morgan fingerprint density at radius 1 is 1.50 bits per heavy atom. The molecule has 0 aliphatic heterocycles. The van der Waals surface area contributed by atoms with E-state index in [2.05, 4.69) is 4.76 Å². The normalized spacial score (nSPS) is 17.2. The molecule has 0 amide bonds. The van der Waals surface area contributed by atoms with E-state index in [4.69, 9.17) is 4.89 Å². The van der Waals surface area contributed by atoms with Gasteiger partial charge in [0.25, 0.3) is 0 Å². The Kier molecular flexibility index (Phi) is 4.50. The third-order valence-electron chi connectivity index (χ3n) is 1.55. The predicted molar refractivity (Wildman–Crippen MR) is 51.8 cm³/mol. The Hall–Kier alpha value is -0.340. The highest BCUT2D eigenvalue weighted by atomic mass is 31.2. The first-order chi connectivity index (χ1) is 5.40. The smallest absolute Gasteiger partial charge is 0.310 e. The molecule has 1 unspecified atom stereocenters. The minimum absolute atomic E-state index is 0.633. The lowest BCUT2D eigenvalue weighted by Gasteiger charge is -2.20. The molecule has 4 nitrogen and oxygen atoms in total. The molecular formula is C7H17N2O2P. The van der Waals surface area contributed by atoms with Crippen LogP contribution in [0.4, 0.5) is 0 Å². The van der Waals surface area contributed by atoms with E-state index in [1.54, 1.807) is 6.92 Å². The Bertz CT molecular complexity index is 205.